The first kappa shape index (κ1) is 12.9. The van der Waals surface area contributed by atoms with Crippen molar-refractivity contribution in [2.45, 2.75) is 46.3 Å². The Balaban J connectivity index is 2.11. The van der Waals surface area contributed by atoms with E-state index in [2.05, 4.69) is 31.2 Å². The first-order chi connectivity index (χ1) is 8.70. The predicted octanol–water partition coefficient (Wildman–Crippen LogP) is 3.05. The highest BCUT2D eigenvalue weighted by atomic mass is 16.3. The molecule has 4 nitrogen and oxygen atoms in total. The summed E-state index contributed by atoms with van der Waals surface area (Å²) in [6.45, 7) is 8.08. The molecule has 1 N–H and O–H groups in total. The van der Waals surface area contributed by atoms with Crippen molar-refractivity contribution in [3.8, 4) is 11.5 Å². The quantitative estimate of drug-likeness (QED) is 0.853. The van der Waals surface area contributed by atoms with Gasteiger partial charge in [0.1, 0.15) is 11.5 Å². The summed E-state index contributed by atoms with van der Waals surface area (Å²) in [6, 6.07) is 6.49. The van der Waals surface area contributed by atoms with Crippen LogP contribution in [0, 0.1) is 0 Å². The minimum Gasteiger partial charge on any atom is -0.458 e. The Hall–Kier alpha value is -1.55. The van der Waals surface area contributed by atoms with E-state index in [1.54, 1.807) is 0 Å². The summed E-state index contributed by atoms with van der Waals surface area (Å²) in [6.07, 6.45) is 2.89. The van der Waals surface area contributed by atoms with Crippen LogP contribution in [-0.2, 0) is 13.1 Å². The van der Waals surface area contributed by atoms with Crippen molar-refractivity contribution in [2.75, 3.05) is 0 Å². The summed E-state index contributed by atoms with van der Waals surface area (Å²) in [4.78, 5) is 0. The van der Waals surface area contributed by atoms with Crippen LogP contribution in [0.5, 0.6) is 0 Å². The van der Waals surface area contributed by atoms with Crippen LogP contribution in [-0.4, -0.2) is 15.8 Å². The lowest BCUT2D eigenvalue weighted by atomic mass is 10.3. The second-order valence-electron chi connectivity index (χ2n) is 4.74. The van der Waals surface area contributed by atoms with E-state index in [-0.39, 0.29) is 0 Å². The van der Waals surface area contributed by atoms with Crippen LogP contribution in [0.4, 0.5) is 0 Å². The molecule has 0 atom stereocenters. The second-order valence-corrected chi connectivity index (χ2v) is 4.74. The standard InChI is InChI=1S/C14H21N3O/c1-4-9-17-13(7-8-16-17)14-6-5-12(18-14)10-15-11(2)3/h5-8,11,15H,4,9-10H2,1-3H3. The monoisotopic (exact) mass is 247 g/mol. The first-order valence-corrected chi connectivity index (χ1v) is 6.55. The SMILES string of the molecule is CCCn1nccc1-c1ccc(CNC(C)C)o1. The van der Waals surface area contributed by atoms with Crippen LogP contribution >= 0.6 is 0 Å². The molecule has 18 heavy (non-hydrogen) atoms. The van der Waals surface area contributed by atoms with Gasteiger partial charge in [-0.3, -0.25) is 4.68 Å². The zero-order chi connectivity index (χ0) is 13.0. The van der Waals surface area contributed by atoms with Crippen molar-refractivity contribution in [1.82, 2.24) is 15.1 Å². The van der Waals surface area contributed by atoms with E-state index in [0.717, 1.165) is 36.7 Å². The molecule has 2 heterocycles. The summed E-state index contributed by atoms with van der Waals surface area (Å²) in [5, 5.41) is 7.65. The van der Waals surface area contributed by atoms with Crippen LogP contribution in [0.25, 0.3) is 11.5 Å². The third-order valence-corrected chi connectivity index (χ3v) is 2.75. The molecule has 0 saturated carbocycles. The van der Waals surface area contributed by atoms with Crippen molar-refractivity contribution in [2.24, 2.45) is 0 Å². The Labute approximate surface area is 108 Å². The van der Waals surface area contributed by atoms with Crippen molar-refractivity contribution in [1.29, 1.82) is 0 Å². The zero-order valence-corrected chi connectivity index (χ0v) is 11.3. The van der Waals surface area contributed by atoms with Crippen LogP contribution < -0.4 is 5.32 Å². The smallest absolute Gasteiger partial charge is 0.152 e. The van der Waals surface area contributed by atoms with Gasteiger partial charge in [-0.05, 0) is 24.6 Å². The summed E-state index contributed by atoms with van der Waals surface area (Å²) in [5.74, 6) is 1.85. The maximum absolute atomic E-state index is 5.84. The van der Waals surface area contributed by atoms with E-state index in [9.17, 15) is 0 Å². The Morgan fingerprint density at radius 1 is 1.33 bits per heavy atom. The maximum Gasteiger partial charge on any atom is 0.152 e. The average Bonchev–Trinajstić information content (AvgIpc) is 2.94. The van der Waals surface area contributed by atoms with Gasteiger partial charge in [0.15, 0.2) is 5.76 Å². The lowest BCUT2D eigenvalue weighted by Crippen LogP contribution is -2.21. The largest absolute Gasteiger partial charge is 0.458 e. The Morgan fingerprint density at radius 3 is 2.89 bits per heavy atom. The maximum atomic E-state index is 5.84. The van der Waals surface area contributed by atoms with Gasteiger partial charge in [0.25, 0.3) is 0 Å². The molecular formula is C14H21N3O. The van der Waals surface area contributed by atoms with Gasteiger partial charge in [0.05, 0.1) is 6.54 Å². The Kier molecular flexibility index (Phi) is 4.20. The number of nitrogens with one attached hydrogen (secondary N) is 1. The fraction of sp³-hybridized carbons (Fsp3) is 0.500. The molecule has 0 saturated heterocycles. The summed E-state index contributed by atoms with van der Waals surface area (Å²) in [5.41, 5.74) is 1.05. The number of nitrogens with zero attached hydrogens (tertiary/aromatic N) is 2. The summed E-state index contributed by atoms with van der Waals surface area (Å²) < 4.78 is 7.83. The van der Waals surface area contributed by atoms with Gasteiger partial charge in [-0.15, -0.1) is 0 Å². The number of rotatable bonds is 6. The number of hydrogen-bond donors (Lipinski definition) is 1. The van der Waals surface area contributed by atoms with Crippen LogP contribution in [0.1, 0.15) is 33.0 Å². The van der Waals surface area contributed by atoms with E-state index >= 15 is 0 Å². The lowest BCUT2D eigenvalue weighted by Gasteiger charge is -2.05. The molecule has 0 bridgehead atoms. The van der Waals surface area contributed by atoms with Gasteiger partial charge < -0.3 is 9.73 Å². The van der Waals surface area contributed by atoms with Gasteiger partial charge in [0, 0.05) is 18.8 Å². The van der Waals surface area contributed by atoms with Crippen LogP contribution in [0.15, 0.2) is 28.8 Å². The van der Waals surface area contributed by atoms with E-state index in [1.807, 2.05) is 29.1 Å². The van der Waals surface area contributed by atoms with Crippen molar-refractivity contribution >= 4 is 0 Å². The number of aryl methyl sites for hydroxylation is 1. The summed E-state index contributed by atoms with van der Waals surface area (Å²) in [7, 11) is 0. The highest BCUT2D eigenvalue weighted by molar-refractivity contribution is 5.52. The van der Waals surface area contributed by atoms with Crippen LogP contribution in [0.2, 0.25) is 0 Å². The second kappa shape index (κ2) is 5.87. The molecule has 0 aliphatic rings. The van der Waals surface area contributed by atoms with Gasteiger partial charge in [0.2, 0.25) is 0 Å². The molecule has 0 aromatic carbocycles. The Morgan fingerprint density at radius 2 is 2.17 bits per heavy atom. The highest BCUT2D eigenvalue weighted by Crippen LogP contribution is 2.22. The van der Waals surface area contributed by atoms with Crippen molar-refractivity contribution < 1.29 is 4.42 Å². The van der Waals surface area contributed by atoms with Crippen molar-refractivity contribution in [3.63, 3.8) is 0 Å². The third-order valence-electron chi connectivity index (χ3n) is 2.75. The fourth-order valence-corrected chi connectivity index (χ4v) is 1.85. The fourth-order valence-electron chi connectivity index (χ4n) is 1.85. The molecule has 98 valence electrons. The molecule has 0 fully saturated rings. The average molecular weight is 247 g/mol. The van der Waals surface area contributed by atoms with E-state index in [0.29, 0.717) is 6.04 Å². The van der Waals surface area contributed by atoms with Crippen molar-refractivity contribution in [3.05, 3.63) is 30.2 Å². The first-order valence-electron chi connectivity index (χ1n) is 6.55. The van der Waals surface area contributed by atoms with E-state index < -0.39 is 0 Å². The molecule has 0 unspecified atom stereocenters. The third kappa shape index (κ3) is 3.01. The topological polar surface area (TPSA) is 43.0 Å². The summed E-state index contributed by atoms with van der Waals surface area (Å²) >= 11 is 0. The minimum atomic E-state index is 0.462. The molecule has 0 aliphatic heterocycles. The molecule has 0 radical (unpaired) electrons. The molecule has 2 aromatic rings. The molecule has 0 amide bonds. The normalized spacial score (nSPS) is 11.3. The molecule has 2 rings (SSSR count). The molecular weight excluding hydrogens is 226 g/mol. The van der Waals surface area contributed by atoms with Gasteiger partial charge in [-0.25, -0.2) is 0 Å². The van der Waals surface area contributed by atoms with Gasteiger partial charge in [-0.2, -0.15) is 5.10 Å². The minimum absolute atomic E-state index is 0.462. The van der Waals surface area contributed by atoms with Crippen LogP contribution in [0.3, 0.4) is 0 Å². The molecule has 0 aliphatic carbocycles. The zero-order valence-electron chi connectivity index (χ0n) is 11.3. The van der Waals surface area contributed by atoms with E-state index in [1.165, 1.54) is 0 Å². The Bertz CT molecular complexity index is 485. The molecule has 2 aromatic heterocycles. The van der Waals surface area contributed by atoms with E-state index in [4.69, 9.17) is 4.42 Å². The number of hydrogen-bond acceptors (Lipinski definition) is 3. The number of aromatic nitrogens is 2. The van der Waals surface area contributed by atoms with Gasteiger partial charge >= 0.3 is 0 Å². The number of furan rings is 1. The lowest BCUT2D eigenvalue weighted by molar-refractivity contribution is 0.468. The predicted molar refractivity (Wildman–Crippen MR) is 72.2 cm³/mol. The highest BCUT2D eigenvalue weighted by Gasteiger charge is 2.09. The molecule has 4 heteroatoms. The molecule has 0 spiro atoms. The van der Waals surface area contributed by atoms with Gasteiger partial charge in [-0.1, -0.05) is 20.8 Å².